The summed E-state index contributed by atoms with van der Waals surface area (Å²) < 4.78 is 0. The second-order valence-corrected chi connectivity index (χ2v) is 7.33. The van der Waals surface area contributed by atoms with E-state index >= 15 is 0 Å². The van der Waals surface area contributed by atoms with Crippen LogP contribution in [0.2, 0.25) is 5.02 Å². The van der Waals surface area contributed by atoms with Gasteiger partial charge in [-0.3, -0.25) is 14.9 Å². The predicted molar refractivity (Wildman–Crippen MR) is 104 cm³/mol. The van der Waals surface area contributed by atoms with Crippen LogP contribution in [0.25, 0.3) is 0 Å². The SMILES string of the molecule is O=C(NCc1ccc(C(O)c2ccccc2)s1)c1ccc(Cl)c([N+](=O)[O-])c1. The smallest absolute Gasteiger partial charge is 0.288 e. The summed E-state index contributed by atoms with van der Waals surface area (Å²) in [5, 5.41) is 24.0. The topological polar surface area (TPSA) is 92.5 Å². The summed E-state index contributed by atoms with van der Waals surface area (Å²) in [5.74, 6) is -0.437. The lowest BCUT2D eigenvalue weighted by atomic mass is 10.1. The highest BCUT2D eigenvalue weighted by molar-refractivity contribution is 7.12. The van der Waals surface area contributed by atoms with Crippen LogP contribution in [0.15, 0.2) is 60.7 Å². The minimum absolute atomic E-state index is 0.0191. The molecule has 3 rings (SSSR count). The number of nitro groups is 1. The lowest BCUT2D eigenvalue weighted by molar-refractivity contribution is -0.384. The van der Waals surface area contributed by atoms with E-state index in [9.17, 15) is 20.0 Å². The first kappa shape index (κ1) is 19.0. The van der Waals surface area contributed by atoms with Crippen LogP contribution in [0.4, 0.5) is 5.69 Å². The monoisotopic (exact) mass is 402 g/mol. The number of hydrogen-bond donors (Lipinski definition) is 2. The molecule has 1 amide bonds. The Morgan fingerprint density at radius 2 is 1.93 bits per heavy atom. The van der Waals surface area contributed by atoms with Crippen molar-refractivity contribution in [1.82, 2.24) is 5.32 Å². The van der Waals surface area contributed by atoms with Crippen molar-refractivity contribution in [2.24, 2.45) is 0 Å². The van der Waals surface area contributed by atoms with E-state index in [1.54, 1.807) is 0 Å². The van der Waals surface area contributed by atoms with Crippen LogP contribution in [0.1, 0.15) is 31.8 Å². The molecule has 2 N–H and O–H groups in total. The Balaban J connectivity index is 1.66. The molecule has 3 aromatic rings. The highest BCUT2D eigenvalue weighted by Gasteiger charge is 2.17. The van der Waals surface area contributed by atoms with E-state index in [0.717, 1.165) is 21.4 Å². The van der Waals surface area contributed by atoms with Crippen molar-refractivity contribution < 1.29 is 14.8 Å². The second kappa shape index (κ2) is 8.30. The number of nitrogens with zero attached hydrogens (tertiary/aromatic N) is 1. The van der Waals surface area contributed by atoms with Crippen molar-refractivity contribution in [3.8, 4) is 0 Å². The summed E-state index contributed by atoms with van der Waals surface area (Å²) in [5.41, 5.74) is 0.643. The molecule has 0 saturated heterocycles. The van der Waals surface area contributed by atoms with Gasteiger partial charge in [-0.1, -0.05) is 41.9 Å². The van der Waals surface area contributed by atoms with E-state index < -0.39 is 16.9 Å². The van der Waals surface area contributed by atoms with Gasteiger partial charge in [0.05, 0.1) is 11.5 Å². The summed E-state index contributed by atoms with van der Waals surface area (Å²) in [4.78, 5) is 24.2. The average Bonchev–Trinajstić information content (AvgIpc) is 3.15. The lowest BCUT2D eigenvalue weighted by Gasteiger charge is -2.08. The predicted octanol–water partition coefficient (Wildman–Crippen LogP) is 4.32. The molecule has 1 aromatic heterocycles. The van der Waals surface area contributed by atoms with Crippen molar-refractivity contribution in [3.63, 3.8) is 0 Å². The molecule has 138 valence electrons. The molecular weight excluding hydrogens is 388 g/mol. The molecule has 27 heavy (non-hydrogen) atoms. The van der Waals surface area contributed by atoms with Gasteiger partial charge in [0.15, 0.2) is 0 Å². The maximum atomic E-state index is 12.2. The number of amides is 1. The zero-order valence-corrected chi connectivity index (χ0v) is 15.5. The molecule has 1 atom stereocenters. The van der Waals surface area contributed by atoms with Gasteiger partial charge in [0.25, 0.3) is 11.6 Å². The third-order valence-electron chi connectivity index (χ3n) is 3.90. The number of carbonyl (C=O) groups is 1. The molecule has 0 fully saturated rings. The third kappa shape index (κ3) is 4.51. The van der Waals surface area contributed by atoms with E-state index in [2.05, 4.69) is 5.32 Å². The van der Waals surface area contributed by atoms with Crippen molar-refractivity contribution in [2.45, 2.75) is 12.6 Å². The first-order valence-electron chi connectivity index (χ1n) is 7.99. The van der Waals surface area contributed by atoms with Gasteiger partial charge >= 0.3 is 0 Å². The number of nitro benzene ring substituents is 1. The molecule has 0 radical (unpaired) electrons. The lowest BCUT2D eigenvalue weighted by Crippen LogP contribution is -2.22. The van der Waals surface area contributed by atoms with Crippen molar-refractivity contribution >= 4 is 34.5 Å². The molecule has 6 nitrogen and oxygen atoms in total. The van der Waals surface area contributed by atoms with Gasteiger partial charge in [0.1, 0.15) is 11.1 Å². The summed E-state index contributed by atoms with van der Waals surface area (Å²) in [6.45, 7) is 0.251. The number of benzene rings is 2. The van der Waals surface area contributed by atoms with Gasteiger partial charge in [0.2, 0.25) is 0 Å². The number of rotatable bonds is 6. The Morgan fingerprint density at radius 3 is 2.63 bits per heavy atom. The molecule has 2 aromatic carbocycles. The Labute approximate surface area is 164 Å². The minimum atomic E-state index is -0.723. The van der Waals surface area contributed by atoms with Crippen LogP contribution in [0.3, 0.4) is 0 Å². The molecule has 8 heteroatoms. The first-order chi connectivity index (χ1) is 13.0. The van der Waals surface area contributed by atoms with Crippen LogP contribution in [-0.4, -0.2) is 15.9 Å². The van der Waals surface area contributed by atoms with Gasteiger partial charge in [-0.05, 0) is 29.8 Å². The average molecular weight is 403 g/mol. The first-order valence-corrected chi connectivity index (χ1v) is 9.19. The normalized spacial score (nSPS) is 11.8. The Morgan fingerprint density at radius 1 is 1.19 bits per heavy atom. The van der Waals surface area contributed by atoms with Gasteiger partial charge in [-0.15, -0.1) is 11.3 Å². The van der Waals surface area contributed by atoms with Gasteiger partial charge < -0.3 is 10.4 Å². The van der Waals surface area contributed by atoms with Crippen LogP contribution in [-0.2, 0) is 6.54 Å². The Hall–Kier alpha value is -2.74. The summed E-state index contributed by atoms with van der Waals surface area (Å²) in [6.07, 6.45) is -0.723. The minimum Gasteiger partial charge on any atom is -0.383 e. The Kier molecular flexibility index (Phi) is 5.85. The van der Waals surface area contributed by atoms with E-state index in [-0.39, 0.29) is 22.8 Å². The van der Waals surface area contributed by atoms with E-state index in [1.165, 1.54) is 23.5 Å². The molecule has 0 aliphatic rings. The molecule has 0 spiro atoms. The zero-order valence-electron chi connectivity index (χ0n) is 14.0. The van der Waals surface area contributed by atoms with Crippen molar-refractivity contribution in [1.29, 1.82) is 0 Å². The van der Waals surface area contributed by atoms with E-state index in [0.29, 0.717) is 0 Å². The third-order valence-corrected chi connectivity index (χ3v) is 5.35. The zero-order chi connectivity index (χ0) is 19.4. The van der Waals surface area contributed by atoms with Crippen molar-refractivity contribution in [2.75, 3.05) is 0 Å². The molecule has 0 aliphatic carbocycles. The molecule has 1 unspecified atom stereocenters. The fourth-order valence-electron chi connectivity index (χ4n) is 2.50. The fourth-order valence-corrected chi connectivity index (χ4v) is 3.65. The highest BCUT2D eigenvalue weighted by Crippen LogP contribution is 2.28. The standard InChI is InChI=1S/C19H15ClN2O4S/c20-15-8-6-13(10-16(15)22(25)26)19(24)21-11-14-7-9-17(27-14)18(23)12-4-2-1-3-5-12/h1-10,18,23H,11H2,(H,21,24). The number of carbonyl (C=O) groups excluding carboxylic acids is 1. The number of aliphatic hydroxyl groups is 1. The molecule has 0 saturated carbocycles. The number of aliphatic hydroxyl groups excluding tert-OH is 1. The van der Waals surface area contributed by atoms with Crippen molar-refractivity contribution in [3.05, 3.63) is 96.7 Å². The van der Waals surface area contributed by atoms with Gasteiger partial charge in [-0.2, -0.15) is 0 Å². The Bertz CT molecular complexity index is 975. The largest absolute Gasteiger partial charge is 0.383 e. The molecule has 0 aliphatic heterocycles. The number of nitrogens with one attached hydrogen (secondary N) is 1. The molecule has 1 heterocycles. The summed E-state index contributed by atoms with van der Waals surface area (Å²) in [7, 11) is 0. The summed E-state index contributed by atoms with van der Waals surface area (Å²) >= 11 is 7.15. The maximum absolute atomic E-state index is 12.2. The summed E-state index contributed by atoms with van der Waals surface area (Å²) in [6, 6.07) is 16.9. The maximum Gasteiger partial charge on any atom is 0.288 e. The number of halogens is 1. The van der Waals surface area contributed by atoms with E-state index in [1.807, 2.05) is 42.5 Å². The quantitative estimate of drug-likeness (QED) is 0.474. The second-order valence-electron chi connectivity index (χ2n) is 5.72. The van der Waals surface area contributed by atoms with Crippen LogP contribution in [0.5, 0.6) is 0 Å². The van der Waals surface area contributed by atoms with Gasteiger partial charge in [-0.25, -0.2) is 0 Å². The van der Waals surface area contributed by atoms with Crippen LogP contribution in [0, 0.1) is 10.1 Å². The number of thiophene rings is 1. The van der Waals surface area contributed by atoms with Crippen LogP contribution < -0.4 is 5.32 Å². The van der Waals surface area contributed by atoms with Crippen LogP contribution >= 0.6 is 22.9 Å². The highest BCUT2D eigenvalue weighted by atomic mass is 35.5. The van der Waals surface area contributed by atoms with E-state index in [4.69, 9.17) is 11.6 Å². The molecule has 0 bridgehead atoms. The van der Waals surface area contributed by atoms with Gasteiger partial charge in [0, 0.05) is 21.4 Å². The number of hydrogen-bond acceptors (Lipinski definition) is 5. The molecular formula is C19H15ClN2O4S. The fraction of sp³-hybridized carbons (Fsp3) is 0.105.